The maximum Gasteiger partial charge on any atom is 0.407 e. The van der Waals surface area contributed by atoms with Crippen LogP contribution in [0.4, 0.5) is 4.79 Å². The molecule has 3 amide bonds. The molecule has 7 heteroatoms. The van der Waals surface area contributed by atoms with Crippen LogP contribution in [-0.4, -0.2) is 30.1 Å². The standard InChI is InChI=1S/C27H30N2O5/c1-27(2,3)34-26(32)28-17-10-6-4-5-7-12-19-13-8-9-15-21(19)33-22-16-11-14-20-18-23(30)29-25(31)24(20)22/h8-9,11,13-16H,4-6,10,17-18H2,1-3H3,(H,28,32)(H,29,30,31). The predicted molar refractivity (Wildman–Crippen MR) is 129 cm³/mol. The van der Waals surface area contributed by atoms with E-state index < -0.39 is 17.6 Å². The molecular weight excluding hydrogens is 432 g/mol. The summed E-state index contributed by atoms with van der Waals surface area (Å²) in [7, 11) is 0. The number of unbranched alkanes of at least 4 members (excludes halogenated alkanes) is 3. The minimum atomic E-state index is -0.495. The molecule has 0 saturated carbocycles. The van der Waals surface area contributed by atoms with Crippen molar-refractivity contribution in [3.8, 4) is 23.3 Å². The van der Waals surface area contributed by atoms with E-state index >= 15 is 0 Å². The zero-order valence-corrected chi connectivity index (χ0v) is 19.8. The highest BCUT2D eigenvalue weighted by molar-refractivity contribution is 6.11. The molecule has 0 spiro atoms. The van der Waals surface area contributed by atoms with Crippen LogP contribution in [0.5, 0.6) is 11.5 Å². The van der Waals surface area contributed by atoms with Gasteiger partial charge in [0, 0.05) is 13.0 Å². The topological polar surface area (TPSA) is 93.7 Å². The van der Waals surface area contributed by atoms with Crippen LogP contribution >= 0.6 is 0 Å². The van der Waals surface area contributed by atoms with E-state index in [1.165, 1.54) is 0 Å². The summed E-state index contributed by atoms with van der Waals surface area (Å²) in [5.41, 5.74) is 1.25. The van der Waals surface area contributed by atoms with Gasteiger partial charge in [-0.25, -0.2) is 4.79 Å². The monoisotopic (exact) mass is 462 g/mol. The van der Waals surface area contributed by atoms with E-state index in [1.54, 1.807) is 24.3 Å². The van der Waals surface area contributed by atoms with Crippen LogP contribution in [0.25, 0.3) is 0 Å². The van der Waals surface area contributed by atoms with Gasteiger partial charge < -0.3 is 14.8 Å². The number of alkyl carbamates (subject to hydrolysis) is 1. The Balaban J connectivity index is 1.52. The molecule has 1 heterocycles. The summed E-state index contributed by atoms with van der Waals surface area (Å²) < 4.78 is 11.3. The van der Waals surface area contributed by atoms with Gasteiger partial charge in [0.1, 0.15) is 17.1 Å². The molecule has 1 aliphatic heterocycles. The van der Waals surface area contributed by atoms with E-state index in [4.69, 9.17) is 9.47 Å². The number of hydrogen-bond donors (Lipinski definition) is 2. The zero-order chi connectivity index (χ0) is 24.6. The minimum Gasteiger partial charge on any atom is -0.455 e. The van der Waals surface area contributed by atoms with Crippen molar-refractivity contribution in [1.29, 1.82) is 0 Å². The van der Waals surface area contributed by atoms with E-state index in [2.05, 4.69) is 22.5 Å². The van der Waals surface area contributed by atoms with Crippen molar-refractivity contribution in [3.63, 3.8) is 0 Å². The Kier molecular flexibility index (Phi) is 8.31. The fourth-order valence-corrected chi connectivity index (χ4v) is 3.43. The summed E-state index contributed by atoms with van der Waals surface area (Å²) >= 11 is 0. The smallest absolute Gasteiger partial charge is 0.407 e. The van der Waals surface area contributed by atoms with E-state index in [9.17, 15) is 14.4 Å². The van der Waals surface area contributed by atoms with Gasteiger partial charge in [0.2, 0.25) is 5.91 Å². The van der Waals surface area contributed by atoms with Gasteiger partial charge in [0.15, 0.2) is 0 Å². The average molecular weight is 463 g/mol. The van der Waals surface area contributed by atoms with Crippen molar-refractivity contribution in [2.75, 3.05) is 6.54 Å². The Morgan fingerprint density at radius 1 is 1.03 bits per heavy atom. The molecule has 34 heavy (non-hydrogen) atoms. The van der Waals surface area contributed by atoms with E-state index in [0.29, 0.717) is 35.6 Å². The minimum absolute atomic E-state index is 0.146. The van der Waals surface area contributed by atoms with Gasteiger partial charge in [-0.2, -0.15) is 0 Å². The second-order valence-corrected chi connectivity index (χ2v) is 8.98. The van der Waals surface area contributed by atoms with Crippen LogP contribution in [0.3, 0.4) is 0 Å². The number of fused-ring (bicyclic) bond motifs is 1. The number of nitrogens with one attached hydrogen (secondary N) is 2. The number of imide groups is 1. The molecule has 3 rings (SSSR count). The molecule has 0 saturated heterocycles. The summed E-state index contributed by atoms with van der Waals surface area (Å²) in [6.45, 7) is 6.07. The lowest BCUT2D eigenvalue weighted by Gasteiger charge is -2.19. The van der Waals surface area contributed by atoms with Crippen molar-refractivity contribution >= 4 is 17.9 Å². The lowest BCUT2D eigenvalue weighted by molar-refractivity contribution is -0.119. The predicted octanol–water partition coefficient (Wildman–Crippen LogP) is 4.73. The fourth-order valence-electron chi connectivity index (χ4n) is 3.43. The van der Waals surface area contributed by atoms with E-state index in [0.717, 1.165) is 24.8 Å². The van der Waals surface area contributed by atoms with E-state index in [1.807, 2.05) is 39.0 Å². The molecule has 178 valence electrons. The molecule has 7 nitrogen and oxygen atoms in total. The molecule has 0 fully saturated rings. The molecule has 0 unspecified atom stereocenters. The van der Waals surface area contributed by atoms with Crippen LogP contribution in [-0.2, 0) is 16.0 Å². The van der Waals surface area contributed by atoms with Gasteiger partial charge in [0.25, 0.3) is 5.91 Å². The van der Waals surface area contributed by atoms with Crippen LogP contribution < -0.4 is 15.4 Å². The first kappa shape index (κ1) is 24.8. The summed E-state index contributed by atoms with van der Waals surface area (Å²) in [5.74, 6) is 6.49. The van der Waals surface area contributed by atoms with Gasteiger partial charge in [-0.3, -0.25) is 14.9 Å². The molecule has 0 bridgehead atoms. The Morgan fingerprint density at radius 3 is 2.59 bits per heavy atom. The van der Waals surface area contributed by atoms with Crippen molar-refractivity contribution in [2.45, 2.75) is 58.5 Å². The van der Waals surface area contributed by atoms with Crippen molar-refractivity contribution < 1.29 is 23.9 Å². The number of carbonyl (C=O) groups excluding carboxylic acids is 3. The number of benzene rings is 2. The first-order chi connectivity index (χ1) is 16.2. The Morgan fingerprint density at radius 2 is 1.79 bits per heavy atom. The second-order valence-electron chi connectivity index (χ2n) is 8.98. The Bertz CT molecular complexity index is 1120. The normalized spacial score (nSPS) is 12.7. The third-order valence-electron chi connectivity index (χ3n) is 4.92. The highest BCUT2D eigenvalue weighted by Gasteiger charge is 2.26. The molecule has 0 atom stereocenters. The molecule has 0 aromatic heterocycles. The third-order valence-corrected chi connectivity index (χ3v) is 4.92. The van der Waals surface area contributed by atoms with Crippen molar-refractivity contribution in [1.82, 2.24) is 10.6 Å². The van der Waals surface area contributed by atoms with Gasteiger partial charge in [-0.1, -0.05) is 42.5 Å². The number of ether oxygens (including phenoxy) is 2. The molecule has 2 aromatic carbocycles. The lowest BCUT2D eigenvalue weighted by Crippen LogP contribution is -2.37. The number of carbonyl (C=O) groups is 3. The van der Waals surface area contributed by atoms with E-state index in [-0.39, 0.29) is 12.3 Å². The quantitative estimate of drug-likeness (QED) is 0.353. The van der Waals surface area contributed by atoms with Crippen LogP contribution in [0.1, 0.15) is 67.9 Å². The van der Waals surface area contributed by atoms with Gasteiger partial charge >= 0.3 is 6.09 Å². The van der Waals surface area contributed by atoms with Crippen molar-refractivity contribution in [2.24, 2.45) is 0 Å². The largest absolute Gasteiger partial charge is 0.455 e. The molecule has 2 N–H and O–H groups in total. The summed E-state index contributed by atoms with van der Waals surface area (Å²) in [6, 6.07) is 12.6. The average Bonchev–Trinajstić information content (AvgIpc) is 2.75. The lowest BCUT2D eigenvalue weighted by atomic mass is 9.99. The SMILES string of the molecule is CC(C)(C)OC(=O)NCCCCCC#Cc1ccccc1Oc1cccc2c1C(=O)NC(=O)C2. The number of para-hydroxylation sites is 1. The van der Waals surface area contributed by atoms with Gasteiger partial charge in [-0.15, -0.1) is 0 Å². The molecular formula is C27H30N2O5. The summed E-state index contributed by atoms with van der Waals surface area (Å²) in [4.78, 5) is 35.6. The second kappa shape index (κ2) is 11.4. The summed E-state index contributed by atoms with van der Waals surface area (Å²) in [5, 5.41) is 5.09. The first-order valence-electron chi connectivity index (χ1n) is 11.4. The zero-order valence-electron chi connectivity index (χ0n) is 19.8. The maximum atomic E-state index is 12.3. The maximum absolute atomic E-state index is 12.3. The molecule has 1 aliphatic rings. The Labute approximate surface area is 200 Å². The van der Waals surface area contributed by atoms with Gasteiger partial charge in [-0.05, 0) is 57.4 Å². The highest BCUT2D eigenvalue weighted by Crippen LogP contribution is 2.31. The number of rotatable bonds is 7. The van der Waals surface area contributed by atoms with Crippen molar-refractivity contribution in [3.05, 3.63) is 59.2 Å². The van der Waals surface area contributed by atoms with Crippen LogP contribution in [0.15, 0.2) is 42.5 Å². The Hall–Kier alpha value is -3.79. The molecule has 0 aliphatic carbocycles. The number of amides is 3. The summed E-state index contributed by atoms with van der Waals surface area (Å²) in [6.07, 6.45) is 3.16. The van der Waals surface area contributed by atoms with Crippen LogP contribution in [0, 0.1) is 11.8 Å². The molecule has 0 radical (unpaired) electrons. The molecule has 2 aromatic rings. The first-order valence-corrected chi connectivity index (χ1v) is 11.4. The highest BCUT2D eigenvalue weighted by atomic mass is 16.6. The van der Waals surface area contributed by atoms with Crippen LogP contribution in [0.2, 0.25) is 0 Å². The number of hydrogen-bond acceptors (Lipinski definition) is 5. The fraction of sp³-hybridized carbons (Fsp3) is 0.370. The third kappa shape index (κ3) is 7.38. The van der Waals surface area contributed by atoms with Gasteiger partial charge in [0.05, 0.1) is 17.5 Å².